The molecule has 0 radical (unpaired) electrons. The molecule has 2 heterocycles. The standard InChI is InChI=1S/C16H29N5O2/c1-4-12-7-5-6-8-20(12)10-15-18-14(9-13(17)22)19-21(15)11-16(2,3)23/h12,23H,4-11H2,1-3H3,(H2,17,22). The van der Waals surface area contributed by atoms with Gasteiger partial charge in [0.1, 0.15) is 5.82 Å². The first kappa shape index (κ1) is 17.9. The van der Waals surface area contributed by atoms with E-state index < -0.39 is 11.5 Å². The van der Waals surface area contributed by atoms with E-state index in [0.29, 0.717) is 25.0 Å². The Morgan fingerprint density at radius 2 is 2.17 bits per heavy atom. The molecule has 23 heavy (non-hydrogen) atoms. The summed E-state index contributed by atoms with van der Waals surface area (Å²) in [5.74, 6) is 0.784. The van der Waals surface area contributed by atoms with Gasteiger partial charge in [-0.15, -0.1) is 0 Å². The Morgan fingerprint density at radius 1 is 1.43 bits per heavy atom. The lowest BCUT2D eigenvalue weighted by Gasteiger charge is -2.34. The van der Waals surface area contributed by atoms with Gasteiger partial charge >= 0.3 is 0 Å². The number of aromatic nitrogens is 3. The fraction of sp³-hybridized carbons (Fsp3) is 0.812. The number of hydrogen-bond donors (Lipinski definition) is 2. The van der Waals surface area contributed by atoms with Gasteiger partial charge in [0.15, 0.2) is 5.82 Å². The second kappa shape index (κ2) is 7.40. The monoisotopic (exact) mass is 323 g/mol. The summed E-state index contributed by atoms with van der Waals surface area (Å²) >= 11 is 0. The summed E-state index contributed by atoms with van der Waals surface area (Å²) in [5, 5.41) is 14.5. The van der Waals surface area contributed by atoms with Crippen molar-refractivity contribution in [1.29, 1.82) is 0 Å². The first-order valence-corrected chi connectivity index (χ1v) is 8.46. The van der Waals surface area contributed by atoms with E-state index in [1.807, 2.05) is 0 Å². The van der Waals surface area contributed by atoms with E-state index in [1.165, 1.54) is 19.3 Å². The highest BCUT2D eigenvalue weighted by molar-refractivity contribution is 5.75. The first-order chi connectivity index (χ1) is 10.8. The van der Waals surface area contributed by atoms with Gasteiger partial charge in [0.2, 0.25) is 5.91 Å². The third-order valence-electron chi connectivity index (χ3n) is 4.23. The number of aliphatic hydroxyl groups is 1. The minimum absolute atomic E-state index is 0.0308. The second-order valence-corrected chi connectivity index (χ2v) is 7.09. The average molecular weight is 323 g/mol. The normalized spacial score (nSPS) is 19.9. The molecule has 1 aliphatic heterocycles. The van der Waals surface area contributed by atoms with E-state index >= 15 is 0 Å². The first-order valence-electron chi connectivity index (χ1n) is 8.46. The van der Waals surface area contributed by atoms with E-state index in [4.69, 9.17) is 5.73 Å². The molecule has 130 valence electrons. The van der Waals surface area contributed by atoms with Crippen LogP contribution in [0.1, 0.15) is 58.1 Å². The van der Waals surface area contributed by atoms with Gasteiger partial charge in [-0.05, 0) is 39.7 Å². The molecule has 2 rings (SSSR count). The molecule has 0 spiro atoms. The average Bonchev–Trinajstić information content (AvgIpc) is 2.78. The fourth-order valence-corrected chi connectivity index (χ4v) is 3.18. The van der Waals surface area contributed by atoms with Gasteiger partial charge in [-0.1, -0.05) is 13.3 Å². The van der Waals surface area contributed by atoms with Crippen molar-refractivity contribution >= 4 is 5.91 Å². The molecule has 7 heteroatoms. The van der Waals surface area contributed by atoms with E-state index in [0.717, 1.165) is 18.8 Å². The number of primary amides is 1. The zero-order valence-electron chi connectivity index (χ0n) is 14.5. The van der Waals surface area contributed by atoms with Crippen molar-refractivity contribution in [3.05, 3.63) is 11.6 Å². The summed E-state index contributed by atoms with van der Waals surface area (Å²) < 4.78 is 1.72. The number of amides is 1. The summed E-state index contributed by atoms with van der Waals surface area (Å²) in [6, 6.07) is 0.565. The maximum atomic E-state index is 11.1. The van der Waals surface area contributed by atoms with Gasteiger partial charge in [0, 0.05) is 6.04 Å². The minimum Gasteiger partial charge on any atom is -0.389 e. The Labute approximate surface area is 137 Å². The number of carbonyl (C=O) groups is 1. The number of hydrogen-bond acceptors (Lipinski definition) is 5. The maximum Gasteiger partial charge on any atom is 0.225 e. The van der Waals surface area contributed by atoms with Gasteiger partial charge in [0.05, 0.1) is 25.1 Å². The van der Waals surface area contributed by atoms with Crippen molar-refractivity contribution in [2.45, 2.75) is 77.6 Å². The number of piperidine rings is 1. The molecular formula is C16H29N5O2. The molecule has 1 fully saturated rings. The summed E-state index contributed by atoms with van der Waals surface area (Å²) in [6.45, 7) is 7.78. The van der Waals surface area contributed by atoms with Crippen LogP contribution in [0.3, 0.4) is 0 Å². The maximum absolute atomic E-state index is 11.1. The van der Waals surface area contributed by atoms with Crippen molar-refractivity contribution in [2.24, 2.45) is 5.73 Å². The van der Waals surface area contributed by atoms with Gasteiger partial charge in [-0.2, -0.15) is 5.10 Å². The summed E-state index contributed by atoms with van der Waals surface area (Å²) in [6.07, 6.45) is 4.84. The summed E-state index contributed by atoms with van der Waals surface area (Å²) in [5.41, 5.74) is 4.36. The van der Waals surface area contributed by atoms with E-state index in [2.05, 4.69) is 21.9 Å². The van der Waals surface area contributed by atoms with Crippen LogP contribution >= 0.6 is 0 Å². The van der Waals surface area contributed by atoms with Crippen LogP contribution in [0.2, 0.25) is 0 Å². The zero-order chi connectivity index (χ0) is 17.0. The molecule has 0 bridgehead atoms. The molecule has 1 aromatic rings. The molecule has 7 nitrogen and oxygen atoms in total. The Bertz CT molecular complexity index is 535. The lowest BCUT2D eigenvalue weighted by molar-refractivity contribution is -0.117. The van der Waals surface area contributed by atoms with Gasteiger partial charge in [-0.25, -0.2) is 9.67 Å². The SMILES string of the molecule is CCC1CCCCN1Cc1nc(CC(N)=O)nn1CC(C)(C)O. The number of rotatable bonds is 7. The molecule has 1 saturated heterocycles. The largest absolute Gasteiger partial charge is 0.389 e. The number of likely N-dealkylation sites (tertiary alicyclic amines) is 1. The Kier molecular flexibility index (Phi) is 5.75. The second-order valence-electron chi connectivity index (χ2n) is 7.09. The molecule has 1 atom stereocenters. The molecule has 1 amide bonds. The predicted octanol–water partition coefficient (Wildman–Crippen LogP) is 0.841. The van der Waals surface area contributed by atoms with Crippen molar-refractivity contribution in [3.63, 3.8) is 0 Å². The highest BCUT2D eigenvalue weighted by Crippen LogP contribution is 2.21. The van der Waals surface area contributed by atoms with Crippen LogP contribution in [-0.4, -0.2) is 48.9 Å². The summed E-state index contributed by atoms with van der Waals surface area (Å²) in [4.78, 5) is 18.1. The van der Waals surface area contributed by atoms with Crippen molar-refractivity contribution in [1.82, 2.24) is 19.7 Å². The van der Waals surface area contributed by atoms with E-state index in [-0.39, 0.29) is 6.42 Å². The van der Waals surface area contributed by atoms with Gasteiger partial charge in [0.25, 0.3) is 0 Å². The quantitative estimate of drug-likeness (QED) is 0.775. The van der Waals surface area contributed by atoms with Crippen LogP contribution in [0.15, 0.2) is 0 Å². The molecular weight excluding hydrogens is 294 g/mol. The smallest absolute Gasteiger partial charge is 0.225 e. The van der Waals surface area contributed by atoms with Crippen molar-refractivity contribution < 1.29 is 9.90 Å². The van der Waals surface area contributed by atoms with Crippen LogP contribution in [0.4, 0.5) is 0 Å². The molecule has 1 aliphatic rings. The van der Waals surface area contributed by atoms with Crippen LogP contribution in [0, 0.1) is 0 Å². The van der Waals surface area contributed by atoms with E-state index in [1.54, 1.807) is 18.5 Å². The highest BCUT2D eigenvalue weighted by Gasteiger charge is 2.25. The third-order valence-corrected chi connectivity index (χ3v) is 4.23. The minimum atomic E-state index is -0.890. The Balaban J connectivity index is 2.20. The number of carbonyl (C=O) groups excluding carboxylic acids is 1. The Hall–Kier alpha value is -1.47. The molecule has 1 unspecified atom stereocenters. The third kappa shape index (κ3) is 5.28. The van der Waals surface area contributed by atoms with E-state index in [9.17, 15) is 9.90 Å². The molecule has 0 aliphatic carbocycles. The number of nitrogens with zero attached hydrogens (tertiary/aromatic N) is 4. The lowest BCUT2D eigenvalue weighted by atomic mass is 10.00. The van der Waals surface area contributed by atoms with Gasteiger partial charge in [-0.3, -0.25) is 9.69 Å². The molecule has 0 saturated carbocycles. The fourth-order valence-electron chi connectivity index (χ4n) is 3.18. The highest BCUT2D eigenvalue weighted by atomic mass is 16.3. The molecule has 1 aromatic heterocycles. The number of nitrogens with two attached hydrogens (primary N) is 1. The zero-order valence-corrected chi connectivity index (χ0v) is 14.5. The van der Waals surface area contributed by atoms with Crippen LogP contribution in [0.5, 0.6) is 0 Å². The Morgan fingerprint density at radius 3 is 2.78 bits per heavy atom. The predicted molar refractivity (Wildman–Crippen MR) is 87.6 cm³/mol. The van der Waals surface area contributed by atoms with Crippen LogP contribution in [-0.2, 0) is 24.3 Å². The van der Waals surface area contributed by atoms with Crippen LogP contribution in [0.25, 0.3) is 0 Å². The van der Waals surface area contributed by atoms with Crippen LogP contribution < -0.4 is 5.73 Å². The van der Waals surface area contributed by atoms with Crippen molar-refractivity contribution in [2.75, 3.05) is 6.54 Å². The topological polar surface area (TPSA) is 97.3 Å². The van der Waals surface area contributed by atoms with Gasteiger partial charge < -0.3 is 10.8 Å². The molecule has 3 N–H and O–H groups in total. The summed E-state index contributed by atoms with van der Waals surface area (Å²) in [7, 11) is 0. The molecule has 0 aromatic carbocycles. The van der Waals surface area contributed by atoms with Crippen molar-refractivity contribution in [3.8, 4) is 0 Å². The lowest BCUT2D eigenvalue weighted by Crippen LogP contribution is -2.39.